The molecule has 10 heteroatoms. The third kappa shape index (κ3) is 2.60. The molecule has 7 nitrogen and oxygen atoms in total. The second-order valence-corrected chi connectivity index (χ2v) is 4.38. The van der Waals surface area contributed by atoms with Gasteiger partial charge in [0.25, 0.3) is 5.69 Å². The summed E-state index contributed by atoms with van der Waals surface area (Å²) in [4.78, 5) is 10.00. The van der Waals surface area contributed by atoms with Crippen LogP contribution in [-0.2, 0) is 0 Å². The van der Waals surface area contributed by atoms with E-state index in [2.05, 4.69) is 20.1 Å². The van der Waals surface area contributed by atoms with Gasteiger partial charge in [-0.3, -0.25) is 10.1 Å². The Morgan fingerprint density at radius 3 is 2.47 bits per heavy atom. The van der Waals surface area contributed by atoms with E-state index in [0.717, 1.165) is 11.5 Å². The molecule has 1 aromatic carbocycles. The van der Waals surface area contributed by atoms with Crippen molar-refractivity contribution in [2.75, 3.05) is 5.32 Å². The monoisotopic (exact) mass is 291 g/mol. The molecule has 0 aliphatic carbocycles. The van der Waals surface area contributed by atoms with E-state index >= 15 is 0 Å². The zero-order chi connectivity index (χ0) is 12.4. The highest BCUT2D eigenvalue weighted by atomic mass is 35.5. The summed E-state index contributed by atoms with van der Waals surface area (Å²) >= 11 is 12.8. The van der Waals surface area contributed by atoms with Crippen molar-refractivity contribution in [1.82, 2.24) is 14.8 Å². The number of nitrogens with one attached hydrogen (secondary N) is 1. The number of hydrogen-bond acceptors (Lipinski definition) is 7. The van der Waals surface area contributed by atoms with Crippen LogP contribution in [0, 0.1) is 10.1 Å². The van der Waals surface area contributed by atoms with Gasteiger partial charge < -0.3 is 5.32 Å². The Morgan fingerprint density at radius 2 is 2.00 bits per heavy atom. The van der Waals surface area contributed by atoms with Crippen LogP contribution in [0.4, 0.5) is 16.5 Å². The van der Waals surface area contributed by atoms with Gasteiger partial charge in [-0.05, 0) is 5.21 Å². The van der Waals surface area contributed by atoms with Crippen LogP contribution in [-0.4, -0.2) is 19.7 Å². The maximum atomic E-state index is 10.6. The molecule has 0 aliphatic heterocycles. The summed E-state index contributed by atoms with van der Waals surface area (Å²) in [6.45, 7) is 0. The largest absolute Gasteiger partial charge is 0.326 e. The molecule has 0 aliphatic rings. The molecule has 0 spiro atoms. The highest BCUT2D eigenvalue weighted by Crippen LogP contribution is 2.36. The number of hydrogen-bond donors (Lipinski definition) is 1. The predicted octanol–water partition coefficient (Wildman–Crippen LogP) is 2.89. The summed E-state index contributed by atoms with van der Waals surface area (Å²) in [5.41, 5.74) is 0.151. The van der Waals surface area contributed by atoms with Gasteiger partial charge in [-0.1, -0.05) is 32.8 Å². The quantitative estimate of drug-likeness (QED) is 0.690. The molecule has 0 atom stereocenters. The van der Waals surface area contributed by atoms with Crippen molar-refractivity contribution in [2.24, 2.45) is 0 Å². The lowest BCUT2D eigenvalue weighted by Gasteiger charge is -2.06. The number of rotatable bonds is 3. The number of non-ortho nitro benzene ring substituents is 1. The molecule has 0 saturated carbocycles. The first kappa shape index (κ1) is 12.0. The van der Waals surface area contributed by atoms with Gasteiger partial charge in [0.05, 0.1) is 20.7 Å². The number of anilines is 2. The minimum absolute atomic E-state index is 0.124. The molecule has 0 saturated heterocycles. The molecule has 0 bridgehead atoms. The summed E-state index contributed by atoms with van der Waals surface area (Å²) < 4.78 is 3.55. The molecule has 2 rings (SSSR count). The van der Waals surface area contributed by atoms with Crippen LogP contribution < -0.4 is 5.32 Å². The number of benzene rings is 1. The molecular weight excluding hydrogens is 289 g/mol. The van der Waals surface area contributed by atoms with Crippen LogP contribution in [0.15, 0.2) is 12.1 Å². The van der Waals surface area contributed by atoms with Crippen LogP contribution in [0.2, 0.25) is 10.0 Å². The Balaban J connectivity index is 2.38. The Labute approximate surface area is 109 Å². The van der Waals surface area contributed by atoms with Gasteiger partial charge in [0.1, 0.15) is 0 Å². The van der Waals surface area contributed by atoms with E-state index in [-0.39, 0.29) is 15.7 Å². The van der Waals surface area contributed by atoms with Crippen LogP contribution in [0.1, 0.15) is 0 Å². The predicted molar refractivity (Wildman–Crippen MR) is 64.1 cm³/mol. The molecule has 1 N–H and O–H groups in total. The third-order valence-electron chi connectivity index (χ3n) is 1.77. The number of aromatic nitrogens is 3. The standard InChI is InChI=1S/C7H3Cl2N5O2S/c8-4-1-3(14(15)16)2-5(9)6(4)10-7-11-12-13-17-7/h1-2H,(H,10,11,13). The Bertz CT molecular complexity index is 538. The minimum Gasteiger partial charge on any atom is -0.326 e. The van der Waals surface area contributed by atoms with E-state index in [9.17, 15) is 10.1 Å². The van der Waals surface area contributed by atoms with Gasteiger partial charge in [0.15, 0.2) is 0 Å². The topological polar surface area (TPSA) is 93.8 Å². The molecule has 1 heterocycles. The summed E-state index contributed by atoms with van der Waals surface area (Å²) in [5.74, 6) is 0. The van der Waals surface area contributed by atoms with Crippen molar-refractivity contribution in [3.63, 3.8) is 0 Å². The van der Waals surface area contributed by atoms with E-state index in [1.54, 1.807) is 0 Å². The van der Waals surface area contributed by atoms with E-state index in [4.69, 9.17) is 23.2 Å². The van der Waals surface area contributed by atoms with Gasteiger partial charge in [-0.2, -0.15) is 0 Å². The Hall–Kier alpha value is -1.51. The van der Waals surface area contributed by atoms with Crippen LogP contribution in [0.5, 0.6) is 0 Å². The number of nitro benzene ring substituents is 1. The van der Waals surface area contributed by atoms with Gasteiger partial charge in [0, 0.05) is 23.7 Å². The van der Waals surface area contributed by atoms with Gasteiger partial charge in [0.2, 0.25) is 5.13 Å². The zero-order valence-electron chi connectivity index (χ0n) is 7.92. The highest BCUT2D eigenvalue weighted by Gasteiger charge is 2.15. The van der Waals surface area contributed by atoms with Crippen LogP contribution in [0.25, 0.3) is 0 Å². The zero-order valence-corrected chi connectivity index (χ0v) is 10.3. The van der Waals surface area contributed by atoms with Crippen molar-refractivity contribution >= 4 is 51.2 Å². The molecule has 17 heavy (non-hydrogen) atoms. The molecule has 1 aromatic heterocycles. The Kier molecular flexibility index (Phi) is 3.36. The molecule has 88 valence electrons. The third-order valence-corrected chi connectivity index (χ3v) is 2.88. The van der Waals surface area contributed by atoms with Gasteiger partial charge in [-0.25, -0.2) is 0 Å². The van der Waals surface area contributed by atoms with E-state index in [1.807, 2.05) is 0 Å². The van der Waals surface area contributed by atoms with Crippen molar-refractivity contribution < 1.29 is 4.92 Å². The molecule has 2 aromatic rings. The van der Waals surface area contributed by atoms with E-state index in [0.29, 0.717) is 10.8 Å². The smallest absolute Gasteiger partial charge is 0.272 e. The first-order chi connectivity index (χ1) is 8.08. The van der Waals surface area contributed by atoms with E-state index in [1.165, 1.54) is 12.1 Å². The first-order valence-electron chi connectivity index (χ1n) is 4.13. The maximum absolute atomic E-state index is 10.6. The molecule has 0 amide bonds. The lowest BCUT2D eigenvalue weighted by molar-refractivity contribution is -0.384. The fourth-order valence-electron chi connectivity index (χ4n) is 1.07. The van der Waals surface area contributed by atoms with Crippen molar-refractivity contribution in [1.29, 1.82) is 0 Å². The fourth-order valence-corrected chi connectivity index (χ4v) is 2.01. The summed E-state index contributed by atoms with van der Waals surface area (Å²) in [5, 5.41) is 21.0. The van der Waals surface area contributed by atoms with Crippen LogP contribution >= 0.6 is 34.7 Å². The molecular formula is C7H3Cl2N5O2S. The average Bonchev–Trinajstić information content (AvgIpc) is 2.75. The minimum atomic E-state index is -0.575. The van der Waals surface area contributed by atoms with E-state index < -0.39 is 4.92 Å². The molecule has 0 radical (unpaired) electrons. The number of nitrogens with zero attached hydrogens (tertiary/aromatic N) is 4. The van der Waals surface area contributed by atoms with Crippen molar-refractivity contribution in [3.05, 3.63) is 32.3 Å². The normalized spacial score (nSPS) is 10.2. The second-order valence-electron chi connectivity index (χ2n) is 2.83. The van der Waals surface area contributed by atoms with Crippen molar-refractivity contribution in [3.8, 4) is 0 Å². The molecule has 0 unspecified atom stereocenters. The summed E-state index contributed by atoms with van der Waals surface area (Å²) in [6.07, 6.45) is 0. The number of halogens is 2. The SMILES string of the molecule is O=[N+]([O-])c1cc(Cl)c(Nc2nnns2)c(Cl)c1. The summed E-state index contributed by atoms with van der Waals surface area (Å²) in [6, 6.07) is 2.40. The Morgan fingerprint density at radius 1 is 1.35 bits per heavy atom. The lowest BCUT2D eigenvalue weighted by atomic mass is 10.3. The number of nitro groups is 1. The lowest BCUT2D eigenvalue weighted by Crippen LogP contribution is -1.94. The fraction of sp³-hybridized carbons (Fsp3) is 0. The first-order valence-corrected chi connectivity index (χ1v) is 5.66. The van der Waals surface area contributed by atoms with Gasteiger partial charge in [-0.15, -0.1) is 0 Å². The van der Waals surface area contributed by atoms with Crippen LogP contribution in [0.3, 0.4) is 0 Å². The average molecular weight is 292 g/mol. The highest BCUT2D eigenvalue weighted by molar-refractivity contribution is 7.09. The van der Waals surface area contributed by atoms with Gasteiger partial charge >= 0.3 is 0 Å². The van der Waals surface area contributed by atoms with Crippen molar-refractivity contribution in [2.45, 2.75) is 0 Å². The summed E-state index contributed by atoms with van der Waals surface area (Å²) in [7, 11) is 0. The molecule has 0 fully saturated rings. The maximum Gasteiger partial charge on any atom is 0.272 e. The second kappa shape index (κ2) is 4.78.